The third-order valence-corrected chi connectivity index (χ3v) is 3.02. The van der Waals surface area contributed by atoms with E-state index in [4.69, 9.17) is 14.2 Å². The van der Waals surface area contributed by atoms with Crippen LogP contribution in [0.1, 0.15) is 46.0 Å². The molecule has 0 aliphatic carbocycles. The van der Waals surface area contributed by atoms with Crippen LogP contribution in [-0.2, 0) is 23.8 Å². The lowest BCUT2D eigenvalue weighted by molar-refractivity contribution is -0.140. The Morgan fingerprint density at radius 1 is 0.952 bits per heavy atom. The van der Waals surface area contributed by atoms with E-state index in [0.29, 0.717) is 25.7 Å². The minimum atomic E-state index is -0.514. The van der Waals surface area contributed by atoms with E-state index in [0.717, 1.165) is 44.3 Å². The third-order valence-electron chi connectivity index (χ3n) is 3.02. The van der Waals surface area contributed by atoms with Gasteiger partial charge in [-0.1, -0.05) is 26.7 Å². The van der Waals surface area contributed by atoms with Gasteiger partial charge in [0, 0.05) is 25.9 Å². The van der Waals surface area contributed by atoms with Gasteiger partial charge in [-0.05, 0) is 25.2 Å². The molecule has 0 fully saturated rings. The Morgan fingerprint density at radius 2 is 1.52 bits per heavy atom. The summed E-state index contributed by atoms with van der Waals surface area (Å²) >= 11 is 0. The molecule has 0 amide bonds. The Labute approximate surface area is 127 Å². The maximum atomic E-state index is 11.4. The van der Waals surface area contributed by atoms with Crippen molar-refractivity contribution >= 4 is 11.9 Å². The maximum absolute atomic E-state index is 11.4. The zero-order valence-electron chi connectivity index (χ0n) is 13.4. The Balaban J connectivity index is 3.67. The zero-order chi connectivity index (χ0) is 15.9. The molecule has 5 nitrogen and oxygen atoms in total. The highest BCUT2D eigenvalue weighted by atomic mass is 16.5. The van der Waals surface area contributed by atoms with Gasteiger partial charge in [0.15, 0.2) is 0 Å². The molecule has 0 aromatic rings. The van der Waals surface area contributed by atoms with E-state index in [1.54, 1.807) is 7.11 Å². The fourth-order valence-corrected chi connectivity index (χ4v) is 1.58. The number of unbranched alkanes of at least 4 members (excludes halogenated alkanes) is 2. The average Bonchev–Trinajstić information content (AvgIpc) is 2.47. The molecule has 0 N–H and O–H groups in total. The minimum Gasteiger partial charge on any atom is -0.463 e. The summed E-state index contributed by atoms with van der Waals surface area (Å²) in [5, 5.41) is 0. The lowest BCUT2D eigenvalue weighted by Crippen LogP contribution is -2.09. The van der Waals surface area contributed by atoms with Crippen LogP contribution in [0.3, 0.4) is 0 Å². The summed E-state index contributed by atoms with van der Waals surface area (Å²) in [5.74, 6) is -0.582. The molecule has 21 heavy (non-hydrogen) atoms. The molecule has 0 saturated carbocycles. The maximum Gasteiger partial charge on any atom is 0.331 e. The number of carbonyl (C=O) groups is 2. The van der Waals surface area contributed by atoms with Crippen LogP contribution in [0.4, 0.5) is 0 Å². The van der Waals surface area contributed by atoms with Crippen molar-refractivity contribution in [2.75, 3.05) is 26.9 Å². The third kappa shape index (κ3) is 13.4. The number of hydrogen-bond donors (Lipinski definition) is 0. The molecule has 0 aliphatic rings. The lowest BCUT2D eigenvalue weighted by atomic mass is 10.1. The Kier molecular flexibility index (Phi) is 12.7. The molecule has 1 atom stereocenters. The van der Waals surface area contributed by atoms with Crippen LogP contribution in [0, 0.1) is 5.92 Å². The zero-order valence-corrected chi connectivity index (χ0v) is 13.4. The van der Waals surface area contributed by atoms with E-state index in [2.05, 4.69) is 13.8 Å². The Morgan fingerprint density at radius 3 is 2.10 bits per heavy atom. The van der Waals surface area contributed by atoms with Crippen LogP contribution < -0.4 is 0 Å². The van der Waals surface area contributed by atoms with Gasteiger partial charge in [0.2, 0.25) is 0 Å². The van der Waals surface area contributed by atoms with Crippen LogP contribution in [-0.4, -0.2) is 38.9 Å². The van der Waals surface area contributed by atoms with Crippen molar-refractivity contribution in [1.82, 2.24) is 0 Å². The highest BCUT2D eigenvalue weighted by molar-refractivity contribution is 5.91. The summed E-state index contributed by atoms with van der Waals surface area (Å²) in [6.07, 6.45) is 6.89. The van der Waals surface area contributed by atoms with Crippen molar-refractivity contribution in [1.29, 1.82) is 0 Å². The monoisotopic (exact) mass is 300 g/mol. The van der Waals surface area contributed by atoms with Crippen LogP contribution in [0.5, 0.6) is 0 Å². The summed E-state index contributed by atoms with van der Waals surface area (Å²) in [6.45, 7) is 5.60. The Hall–Kier alpha value is -1.36. The van der Waals surface area contributed by atoms with Gasteiger partial charge < -0.3 is 14.2 Å². The van der Waals surface area contributed by atoms with Crippen LogP contribution >= 0.6 is 0 Å². The molecule has 0 aromatic carbocycles. The smallest absolute Gasteiger partial charge is 0.331 e. The number of esters is 2. The molecule has 0 saturated heterocycles. The van der Waals surface area contributed by atoms with E-state index in [1.165, 1.54) is 0 Å². The standard InChI is InChI=1S/C16H28O5/c1-4-5-6-11-20-15(17)7-8-16(18)21-13-10-14(2)9-12-19-3/h7-8,14H,4-6,9-13H2,1-3H3/b8-7+. The van der Waals surface area contributed by atoms with Gasteiger partial charge in [-0.15, -0.1) is 0 Å². The molecule has 1 unspecified atom stereocenters. The average molecular weight is 300 g/mol. The predicted molar refractivity (Wildman–Crippen MR) is 80.9 cm³/mol. The first-order chi connectivity index (χ1) is 10.1. The highest BCUT2D eigenvalue weighted by Gasteiger charge is 2.04. The Bertz CT molecular complexity index is 312. The quantitative estimate of drug-likeness (QED) is 0.315. The van der Waals surface area contributed by atoms with Gasteiger partial charge in [0.1, 0.15) is 0 Å². The van der Waals surface area contributed by atoms with Crippen LogP contribution in [0.2, 0.25) is 0 Å². The molecule has 0 aromatic heterocycles. The number of rotatable bonds is 12. The molecule has 0 radical (unpaired) electrons. The summed E-state index contributed by atoms with van der Waals surface area (Å²) in [6, 6.07) is 0. The normalized spacial score (nSPS) is 12.3. The van der Waals surface area contributed by atoms with Gasteiger partial charge in [0.25, 0.3) is 0 Å². The molecule has 5 heteroatoms. The number of hydrogen-bond acceptors (Lipinski definition) is 5. The van der Waals surface area contributed by atoms with E-state index < -0.39 is 11.9 Å². The molecular formula is C16H28O5. The summed E-state index contributed by atoms with van der Waals surface area (Å²) in [5.41, 5.74) is 0. The van der Waals surface area contributed by atoms with Gasteiger partial charge in [-0.3, -0.25) is 0 Å². The first-order valence-electron chi connectivity index (χ1n) is 7.60. The molecule has 0 rings (SSSR count). The summed E-state index contributed by atoms with van der Waals surface area (Å²) in [4.78, 5) is 22.7. The summed E-state index contributed by atoms with van der Waals surface area (Å²) in [7, 11) is 1.67. The van der Waals surface area contributed by atoms with E-state index in [1.807, 2.05) is 0 Å². The molecule has 0 heterocycles. The molecular weight excluding hydrogens is 272 g/mol. The number of methoxy groups -OCH3 is 1. The van der Waals surface area contributed by atoms with Gasteiger partial charge in [-0.25, -0.2) is 9.59 Å². The second-order valence-electron chi connectivity index (χ2n) is 5.05. The van der Waals surface area contributed by atoms with Crippen LogP contribution in [0.25, 0.3) is 0 Å². The topological polar surface area (TPSA) is 61.8 Å². The SMILES string of the molecule is CCCCCOC(=O)/C=C/C(=O)OCCC(C)CCOC. The predicted octanol–water partition coefficient (Wildman–Crippen LogP) is 2.88. The fourth-order valence-electron chi connectivity index (χ4n) is 1.58. The van der Waals surface area contributed by atoms with Crippen molar-refractivity contribution in [3.8, 4) is 0 Å². The molecule has 0 aliphatic heterocycles. The van der Waals surface area contributed by atoms with Crippen molar-refractivity contribution in [3.05, 3.63) is 12.2 Å². The van der Waals surface area contributed by atoms with Gasteiger partial charge in [0.05, 0.1) is 13.2 Å². The highest BCUT2D eigenvalue weighted by Crippen LogP contribution is 2.07. The van der Waals surface area contributed by atoms with Crippen molar-refractivity contribution in [2.45, 2.75) is 46.0 Å². The largest absolute Gasteiger partial charge is 0.463 e. The van der Waals surface area contributed by atoms with Crippen LogP contribution in [0.15, 0.2) is 12.2 Å². The second-order valence-corrected chi connectivity index (χ2v) is 5.05. The van der Waals surface area contributed by atoms with Crippen molar-refractivity contribution in [3.63, 3.8) is 0 Å². The number of carbonyl (C=O) groups excluding carboxylic acids is 2. The van der Waals surface area contributed by atoms with E-state index in [9.17, 15) is 9.59 Å². The fraction of sp³-hybridized carbons (Fsp3) is 0.750. The van der Waals surface area contributed by atoms with Gasteiger partial charge >= 0.3 is 11.9 Å². The first kappa shape index (κ1) is 19.6. The number of ether oxygens (including phenoxy) is 3. The minimum absolute atomic E-state index is 0.347. The van der Waals surface area contributed by atoms with Crippen molar-refractivity contribution in [2.24, 2.45) is 5.92 Å². The summed E-state index contributed by atoms with van der Waals surface area (Å²) < 4.78 is 14.9. The first-order valence-corrected chi connectivity index (χ1v) is 7.60. The molecule has 122 valence electrons. The molecule has 0 bridgehead atoms. The van der Waals surface area contributed by atoms with Gasteiger partial charge in [-0.2, -0.15) is 0 Å². The van der Waals surface area contributed by atoms with E-state index in [-0.39, 0.29) is 0 Å². The van der Waals surface area contributed by atoms with E-state index >= 15 is 0 Å². The van der Waals surface area contributed by atoms with Crippen molar-refractivity contribution < 1.29 is 23.8 Å². The lowest BCUT2D eigenvalue weighted by Gasteiger charge is -2.09. The molecule has 0 spiro atoms. The second kappa shape index (κ2) is 13.6.